The zero-order valence-corrected chi connectivity index (χ0v) is 7.57. The number of hydrogen-bond acceptors (Lipinski definition) is 3. The Bertz CT molecular complexity index is 189. The molecule has 0 saturated carbocycles. The number of carboxylic acid groups (broad SMARTS) is 1. The summed E-state index contributed by atoms with van der Waals surface area (Å²) >= 11 is 0. The first kappa shape index (κ1) is 11.1. The average molecular weight is 173 g/mol. The maximum absolute atomic E-state index is 11.2. The smallest absolute Gasteiger partial charge is 0.313 e. The summed E-state index contributed by atoms with van der Waals surface area (Å²) in [5, 5.41) is 8.51. The van der Waals surface area contributed by atoms with Crippen LogP contribution in [-0.2, 0) is 9.59 Å². The van der Waals surface area contributed by atoms with Crippen LogP contribution in [0.15, 0.2) is 0 Å². The van der Waals surface area contributed by atoms with E-state index >= 15 is 0 Å². The lowest BCUT2D eigenvalue weighted by atomic mass is 9.93. The van der Waals surface area contributed by atoms with Gasteiger partial charge in [0.1, 0.15) is 5.92 Å². The molecule has 0 rings (SSSR count). The maximum atomic E-state index is 11.2. The van der Waals surface area contributed by atoms with Gasteiger partial charge in [0.15, 0.2) is 5.78 Å². The van der Waals surface area contributed by atoms with Crippen molar-refractivity contribution in [2.24, 2.45) is 17.6 Å². The number of rotatable bonds is 4. The molecule has 0 fully saturated rings. The third kappa shape index (κ3) is 2.62. The first-order valence-corrected chi connectivity index (χ1v) is 3.90. The molecule has 0 aliphatic heterocycles. The molecule has 0 radical (unpaired) electrons. The van der Waals surface area contributed by atoms with Crippen molar-refractivity contribution in [3.8, 4) is 0 Å². The lowest BCUT2D eigenvalue weighted by Crippen LogP contribution is -2.41. The van der Waals surface area contributed by atoms with E-state index in [1.54, 1.807) is 13.8 Å². The molecular weight excluding hydrogens is 158 g/mol. The monoisotopic (exact) mass is 173 g/mol. The van der Waals surface area contributed by atoms with Gasteiger partial charge in [0, 0.05) is 0 Å². The van der Waals surface area contributed by atoms with Gasteiger partial charge in [0.05, 0.1) is 6.04 Å². The van der Waals surface area contributed by atoms with Crippen molar-refractivity contribution < 1.29 is 14.7 Å². The standard InChI is InChI=1S/C8H15NO3/c1-4(2)6(9)7(10)5(3)8(11)12/h4-6H,9H2,1-3H3,(H,11,12)/t5?,6-/m0/s1. The van der Waals surface area contributed by atoms with Crippen LogP contribution in [0, 0.1) is 11.8 Å². The van der Waals surface area contributed by atoms with Crippen molar-refractivity contribution in [3.05, 3.63) is 0 Å². The van der Waals surface area contributed by atoms with Crippen LogP contribution in [0.2, 0.25) is 0 Å². The number of ketones is 1. The van der Waals surface area contributed by atoms with Crippen molar-refractivity contribution in [1.82, 2.24) is 0 Å². The van der Waals surface area contributed by atoms with E-state index in [0.717, 1.165) is 0 Å². The van der Waals surface area contributed by atoms with Gasteiger partial charge in [-0.2, -0.15) is 0 Å². The minimum Gasteiger partial charge on any atom is -0.481 e. The highest BCUT2D eigenvalue weighted by atomic mass is 16.4. The van der Waals surface area contributed by atoms with Crippen molar-refractivity contribution >= 4 is 11.8 Å². The molecule has 0 aliphatic carbocycles. The van der Waals surface area contributed by atoms with Gasteiger partial charge in [0.2, 0.25) is 0 Å². The summed E-state index contributed by atoms with van der Waals surface area (Å²) in [6.45, 7) is 4.93. The number of hydrogen-bond donors (Lipinski definition) is 2. The average Bonchev–Trinajstić information content (AvgIpc) is 2.00. The molecule has 3 N–H and O–H groups in total. The Morgan fingerprint density at radius 2 is 1.67 bits per heavy atom. The fraction of sp³-hybridized carbons (Fsp3) is 0.750. The number of carbonyl (C=O) groups excluding carboxylic acids is 1. The highest BCUT2D eigenvalue weighted by molar-refractivity contribution is 6.00. The Morgan fingerprint density at radius 3 is 1.92 bits per heavy atom. The molecule has 0 aliphatic rings. The van der Waals surface area contributed by atoms with E-state index in [0.29, 0.717) is 0 Å². The zero-order valence-electron chi connectivity index (χ0n) is 7.57. The minimum absolute atomic E-state index is 0.0145. The van der Waals surface area contributed by atoms with E-state index in [1.807, 2.05) is 0 Å². The molecule has 4 heteroatoms. The molecule has 70 valence electrons. The van der Waals surface area contributed by atoms with Gasteiger partial charge in [-0.3, -0.25) is 9.59 Å². The van der Waals surface area contributed by atoms with E-state index in [1.165, 1.54) is 6.92 Å². The van der Waals surface area contributed by atoms with Gasteiger partial charge >= 0.3 is 5.97 Å². The van der Waals surface area contributed by atoms with Crippen LogP contribution in [0.1, 0.15) is 20.8 Å². The summed E-state index contributed by atoms with van der Waals surface area (Å²) in [4.78, 5) is 21.6. The van der Waals surface area contributed by atoms with E-state index in [9.17, 15) is 9.59 Å². The molecule has 0 aromatic carbocycles. The fourth-order valence-electron chi connectivity index (χ4n) is 0.739. The Morgan fingerprint density at radius 1 is 1.25 bits per heavy atom. The van der Waals surface area contributed by atoms with Gasteiger partial charge in [-0.15, -0.1) is 0 Å². The largest absolute Gasteiger partial charge is 0.481 e. The molecule has 12 heavy (non-hydrogen) atoms. The molecule has 4 nitrogen and oxygen atoms in total. The molecule has 1 unspecified atom stereocenters. The molecule has 0 spiro atoms. The summed E-state index contributed by atoms with van der Waals surface area (Å²) in [5.41, 5.74) is 5.49. The molecule has 0 amide bonds. The molecular formula is C8H15NO3. The predicted octanol–water partition coefficient (Wildman–Crippen LogP) is 0.259. The number of carboxylic acids is 1. The molecule has 2 atom stereocenters. The lowest BCUT2D eigenvalue weighted by molar-refractivity contribution is -0.146. The van der Waals surface area contributed by atoms with Crippen molar-refractivity contribution in [2.75, 3.05) is 0 Å². The third-order valence-electron chi connectivity index (χ3n) is 1.84. The number of nitrogens with two attached hydrogens (primary N) is 1. The molecule has 0 aromatic heterocycles. The van der Waals surface area contributed by atoms with Crippen LogP contribution in [-0.4, -0.2) is 22.9 Å². The highest BCUT2D eigenvalue weighted by Gasteiger charge is 2.27. The van der Waals surface area contributed by atoms with Crippen LogP contribution in [0.25, 0.3) is 0 Å². The quantitative estimate of drug-likeness (QED) is 0.597. The topological polar surface area (TPSA) is 80.4 Å². The van der Waals surface area contributed by atoms with Crippen molar-refractivity contribution in [3.63, 3.8) is 0 Å². The number of aliphatic carboxylic acids is 1. The Labute approximate surface area is 71.8 Å². The predicted molar refractivity (Wildman–Crippen MR) is 44.6 cm³/mol. The van der Waals surface area contributed by atoms with Crippen LogP contribution in [0.4, 0.5) is 0 Å². The fourth-order valence-corrected chi connectivity index (χ4v) is 0.739. The zero-order chi connectivity index (χ0) is 9.89. The van der Waals surface area contributed by atoms with Gasteiger partial charge in [0.25, 0.3) is 0 Å². The van der Waals surface area contributed by atoms with Gasteiger partial charge in [-0.25, -0.2) is 0 Å². The summed E-state index contributed by atoms with van der Waals surface area (Å²) in [6.07, 6.45) is 0. The van der Waals surface area contributed by atoms with E-state index < -0.39 is 23.7 Å². The Hall–Kier alpha value is -0.900. The summed E-state index contributed by atoms with van der Waals surface area (Å²) in [5.74, 6) is -2.53. The Kier molecular flexibility index (Phi) is 3.89. The highest BCUT2D eigenvalue weighted by Crippen LogP contribution is 2.06. The van der Waals surface area contributed by atoms with Crippen LogP contribution < -0.4 is 5.73 Å². The van der Waals surface area contributed by atoms with Crippen LogP contribution in [0.3, 0.4) is 0 Å². The second-order valence-corrected chi connectivity index (χ2v) is 3.23. The summed E-state index contributed by atoms with van der Waals surface area (Å²) in [7, 11) is 0. The molecule has 0 heterocycles. The number of Topliss-reactive ketones (excluding diaryl/α,β-unsaturated/α-hetero) is 1. The third-order valence-corrected chi connectivity index (χ3v) is 1.84. The van der Waals surface area contributed by atoms with Gasteiger partial charge in [-0.05, 0) is 12.8 Å². The lowest BCUT2D eigenvalue weighted by Gasteiger charge is -2.16. The van der Waals surface area contributed by atoms with Gasteiger partial charge < -0.3 is 10.8 Å². The molecule has 0 saturated heterocycles. The van der Waals surface area contributed by atoms with Gasteiger partial charge in [-0.1, -0.05) is 13.8 Å². The van der Waals surface area contributed by atoms with Crippen LogP contribution >= 0.6 is 0 Å². The van der Waals surface area contributed by atoms with E-state index in [-0.39, 0.29) is 5.92 Å². The Balaban J connectivity index is 4.29. The molecule has 0 aromatic rings. The van der Waals surface area contributed by atoms with Crippen molar-refractivity contribution in [1.29, 1.82) is 0 Å². The second kappa shape index (κ2) is 4.21. The normalized spacial score (nSPS) is 15.8. The SMILES string of the molecule is CC(C(=O)O)C(=O)[C@@H](N)C(C)C. The number of carbonyl (C=O) groups is 2. The second-order valence-electron chi connectivity index (χ2n) is 3.23. The first-order chi connectivity index (χ1) is 5.37. The van der Waals surface area contributed by atoms with E-state index in [2.05, 4.69) is 0 Å². The summed E-state index contributed by atoms with van der Waals surface area (Å²) in [6, 6.07) is -0.670. The van der Waals surface area contributed by atoms with Crippen LogP contribution in [0.5, 0.6) is 0 Å². The minimum atomic E-state index is -1.11. The van der Waals surface area contributed by atoms with Crippen molar-refractivity contribution in [2.45, 2.75) is 26.8 Å². The summed E-state index contributed by atoms with van der Waals surface area (Å²) < 4.78 is 0. The first-order valence-electron chi connectivity index (χ1n) is 3.90. The van der Waals surface area contributed by atoms with E-state index in [4.69, 9.17) is 10.8 Å². The maximum Gasteiger partial charge on any atom is 0.313 e. The molecule has 0 bridgehead atoms.